The summed E-state index contributed by atoms with van der Waals surface area (Å²) in [6.07, 6.45) is 0.523. The summed E-state index contributed by atoms with van der Waals surface area (Å²) in [4.78, 5) is 21.8. The Morgan fingerprint density at radius 1 is 1.02 bits per heavy atom. The van der Waals surface area contributed by atoms with Gasteiger partial charge in [0, 0.05) is 41.6 Å². The topological polar surface area (TPSA) is 148 Å². The lowest BCUT2D eigenvalue weighted by atomic mass is 10.1. The van der Waals surface area contributed by atoms with Crippen molar-refractivity contribution in [2.45, 2.75) is 26.4 Å². The van der Waals surface area contributed by atoms with E-state index in [1.807, 2.05) is 0 Å². The van der Waals surface area contributed by atoms with Crippen molar-refractivity contribution < 1.29 is 28.8 Å². The Morgan fingerprint density at radius 3 is 2.51 bits per heavy atom. The number of benzene rings is 3. The number of nitrogens with one attached hydrogen (secondary N) is 3. The maximum atomic E-state index is 12.3. The Hall–Kier alpha value is -4.90. The number of nitrogens with zero attached hydrogens (tertiary/aromatic N) is 2. The molecule has 0 radical (unpaired) electrons. The van der Waals surface area contributed by atoms with Crippen LogP contribution in [-0.2, 0) is 9.47 Å². The number of methoxy groups -OCH3 is 2. The molecule has 0 unspecified atom stereocenters. The van der Waals surface area contributed by atoms with Gasteiger partial charge in [0.15, 0.2) is 17.3 Å². The van der Waals surface area contributed by atoms with Crippen molar-refractivity contribution in [3.8, 4) is 28.6 Å². The molecule has 3 aromatic carbocycles. The van der Waals surface area contributed by atoms with Gasteiger partial charge in [-0.25, -0.2) is 14.8 Å². The monoisotopic (exact) mass is 559 g/mol. The second-order valence-electron chi connectivity index (χ2n) is 10.0. The van der Waals surface area contributed by atoms with E-state index in [-0.39, 0.29) is 5.75 Å². The highest BCUT2D eigenvalue weighted by Gasteiger charge is 2.18. The highest BCUT2D eigenvalue weighted by molar-refractivity contribution is 5.97. The number of carbonyl (C=O) groups excluding carboxylic acids is 1. The molecular weight excluding hydrogens is 526 g/mol. The number of aromatic nitrogens is 2. The molecule has 4 rings (SSSR count). The first-order valence-corrected chi connectivity index (χ1v) is 12.8. The summed E-state index contributed by atoms with van der Waals surface area (Å²) in [5.74, 6) is 1.90. The van der Waals surface area contributed by atoms with E-state index in [9.17, 15) is 9.90 Å². The maximum absolute atomic E-state index is 12.3. The van der Waals surface area contributed by atoms with Crippen LogP contribution in [0.3, 0.4) is 0 Å². The highest BCUT2D eigenvalue weighted by Crippen LogP contribution is 2.37. The fourth-order valence-corrected chi connectivity index (χ4v) is 3.94. The number of rotatable bonds is 10. The molecule has 0 aliphatic heterocycles. The zero-order valence-corrected chi connectivity index (χ0v) is 23.6. The van der Waals surface area contributed by atoms with Crippen LogP contribution in [0.5, 0.6) is 17.2 Å². The summed E-state index contributed by atoms with van der Waals surface area (Å²) in [5, 5.41) is 24.6. The lowest BCUT2D eigenvalue weighted by molar-refractivity contribution is 0.0636. The predicted octanol–water partition coefficient (Wildman–Crippen LogP) is 6.12. The van der Waals surface area contributed by atoms with Crippen molar-refractivity contribution in [1.82, 2.24) is 9.97 Å². The largest absolute Gasteiger partial charge is 0.508 e. The second-order valence-corrected chi connectivity index (χ2v) is 10.0. The van der Waals surface area contributed by atoms with E-state index in [0.29, 0.717) is 69.8 Å². The zero-order chi connectivity index (χ0) is 29.6. The molecule has 0 bridgehead atoms. The van der Waals surface area contributed by atoms with Crippen LogP contribution in [0, 0.1) is 5.41 Å². The van der Waals surface area contributed by atoms with Crippen molar-refractivity contribution in [2.24, 2.45) is 0 Å². The third-order valence-corrected chi connectivity index (χ3v) is 5.74. The number of carbonyl (C=O) groups is 1. The molecule has 0 saturated carbocycles. The van der Waals surface area contributed by atoms with Gasteiger partial charge in [0.25, 0.3) is 0 Å². The summed E-state index contributed by atoms with van der Waals surface area (Å²) in [7, 11) is 3.14. The minimum Gasteiger partial charge on any atom is -0.508 e. The molecule has 0 saturated heterocycles. The standard InChI is InChI=1S/C30H33N5O6/c1-30(2,3)41-29(37)34-23-10-9-20(13-19(23)17-31)32-28-22-15-26(40-12-11-38-4)25(39-5)16-24(22)33-27(35-28)18-7-6-8-21(36)14-18/h6-10,13-17,31,36H,11-12H2,1-5H3,(H,34,37)(H,32,33,35). The van der Waals surface area contributed by atoms with E-state index in [4.69, 9.17) is 34.3 Å². The Morgan fingerprint density at radius 2 is 1.83 bits per heavy atom. The van der Waals surface area contributed by atoms with Gasteiger partial charge in [0.2, 0.25) is 0 Å². The van der Waals surface area contributed by atoms with E-state index in [2.05, 4.69) is 10.6 Å². The molecule has 1 heterocycles. The van der Waals surface area contributed by atoms with Crippen LogP contribution in [0.15, 0.2) is 54.6 Å². The number of hydrogen-bond donors (Lipinski definition) is 4. The molecule has 41 heavy (non-hydrogen) atoms. The molecule has 1 amide bonds. The fourth-order valence-electron chi connectivity index (χ4n) is 3.94. The van der Waals surface area contributed by atoms with Gasteiger partial charge in [0.1, 0.15) is 23.8 Å². The number of anilines is 3. The number of phenols is 1. The van der Waals surface area contributed by atoms with Gasteiger partial charge in [-0.1, -0.05) is 12.1 Å². The molecule has 214 valence electrons. The Bertz CT molecular complexity index is 1570. The number of aromatic hydroxyl groups is 1. The van der Waals surface area contributed by atoms with Gasteiger partial charge in [-0.3, -0.25) is 5.32 Å². The van der Waals surface area contributed by atoms with Gasteiger partial charge in [-0.05, 0) is 57.2 Å². The van der Waals surface area contributed by atoms with Crippen molar-refractivity contribution in [3.05, 3.63) is 60.2 Å². The average molecular weight is 560 g/mol. The third kappa shape index (κ3) is 7.40. The predicted molar refractivity (Wildman–Crippen MR) is 158 cm³/mol. The minimum atomic E-state index is -0.660. The molecule has 4 N–H and O–H groups in total. The van der Waals surface area contributed by atoms with Crippen LogP contribution >= 0.6 is 0 Å². The van der Waals surface area contributed by atoms with E-state index in [1.165, 1.54) is 0 Å². The Labute approximate surface area is 238 Å². The van der Waals surface area contributed by atoms with Crippen molar-refractivity contribution in [2.75, 3.05) is 38.1 Å². The molecule has 4 aromatic rings. The third-order valence-electron chi connectivity index (χ3n) is 5.74. The highest BCUT2D eigenvalue weighted by atomic mass is 16.6. The summed E-state index contributed by atoms with van der Waals surface area (Å²) in [5.41, 5.74) is 2.02. The molecule has 0 atom stereocenters. The Balaban J connectivity index is 1.77. The molecule has 0 aliphatic carbocycles. The lowest BCUT2D eigenvalue weighted by Crippen LogP contribution is -2.27. The fraction of sp³-hybridized carbons (Fsp3) is 0.267. The molecule has 1 aromatic heterocycles. The van der Waals surface area contributed by atoms with Gasteiger partial charge in [-0.2, -0.15) is 0 Å². The smallest absolute Gasteiger partial charge is 0.412 e. The number of phenolic OH excluding ortho intramolecular Hbond substituents is 1. The summed E-state index contributed by atoms with van der Waals surface area (Å²) >= 11 is 0. The maximum Gasteiger partial charge on any atom is 0.412 e. The van der Waals surface area contributed by atoms with Crippen molar-refractivity contribution >= 4 is 40.4 Å². The summed E-state index contributed by atoms with van der Waals surface area (Å²) < 4.78 is 21.9. The van der Waals surface area contributed by atoms with E-state index in [0.717, 1.165) is 6.21 Å². The zero-order valence-electron chi connectivity index (χ0n) is 23.6. The normalized spacial score (nSPS) is 11.1. The first-order valence-electron chi connectivity index (χ1n) is 12.8. The average Bonchev–Trinajstić information content (AvgIpc) is 2.92. The molecule has 0 spiro atoms. The van der Waals surface area contributed by atoms with Crippen LogP contribution < -0.4 is 20.1 Å². The minimum absolute atomic E-state index is 0.0869. The summed E-state index contributed by atoms with van der Waals surface area (Å²) in [6, 6.07) is 15.3. The van der Waals surface area contributed by atoms with Crippen LogP contribution in [0.2, 0.25) is 0 Å². The molecule has 0 fully saturated rings. The van der Waals surface area contributed by atoms with E-state index >= 15 is 0 Å². The quantitative estimate of drug-likeness (QED) is 0.133. The van der Waals surface area contributed by atoms with Crippen LogP contribution in [0.25, 0.3) is 22.3 Å². The van der Waals surface area contributed by atoms with E-state index < -0.39 is 11.7 Å². The van der Waals surface area contributed by atoms with Crippen LogP contribution in [0.1, 0.15) is 26.3 Å². The van der Waals surface area contributed by atoms with Gasteiger partial charge in [-0.15, -0.1) is 0 Å². The van der Waals surface area contributed by atoms with Crippen LogP contribution in [0.4, 0.5) is 22.0 Å². The molecular formula is C30H33N5O6. The number of fused-ring (bicyclic) bond motifs is 1. The number of hydrogen-bond acceptors (Lipinski definition) is 10. The molecule has 11 nitrogen and oxygen atoms in total. The van der Waals surface area contributed by atoms with Gasteiger partial charge in [0.05, 0.1) is 24.9 Å². The van der Waals surface area contributed by atoms with Gasteiger partial charge >= 0.3 is 6.09 Å². The number of amides is 1. The molecule has 0 aliphatic rings. The first kappa shape index (κ1) is 29.1. The van der Waals surface area contributed by atoms with E-state index in [1.54, 1.807) is 89.6 Å². The summed E-state index contributed by atoms with van der Waals surface area (Å²) in [6.45, 7) is 6.04. The second kappa shape index (κ2) is 12.5. The van der Waals surface area contributed by atoms with Crippen molar-refractivity contribution in [3.63, 3.8) is 0 Å². The lowest BCUT2D eigenvalue weighted by Gasteiger charge is -2.20. The molecule has 11 heteroatoms. The van der Waals surface area contributed by atoms with Crippen LogP contribution in [-0.4, -0.2) is 60.4 Å². The Kier molecular flexibility index (Phi) is 8.88. The first-order chi connectivity index (χ1) is 19.6. The van der Waals surface area contributed by atoms with Gasteiger partial charge < -0.3 is 34.8 Å². The van der Waals surface area contributed by atoms with Crippen molar-refractivity contribution in [1.29, 1.82) is 5.41 Å². The SMILES string of the molecule is COCCOc1cc2c(Nc3ccc(NC(=O)OC(C)(C)C)c(C=N)c3)nc(-c3cccc(O)c3)nc2cc1OC. The number of ether oxygens (including phenoxy) is 4.